The van der Waals surface area contributed by atoms with Crippen LogP contribution in [0.3, 0.4) is 0 Å². The molecule has 0 atom stereocenters. The van der Waals surface area contributed by atoms with E-state index >= 15 is 0 Å². The van der Waals surface area contributed by atoms with Crippen LogP contribution >= 0.6 is 0 Å². The minimum Gasteiger partial charge on any atom is -0.353 e. The fourth-order valence-corrected chi connectivity index (χ4v) is 2.82. The van der Waals surface area contributed by atoms with Gasteiger partial charge in [0, 0.05) is 11.4 Å². The van der Waals surface area contributed by atoms with Gasteiger partial charge in [0.25, 0.3) is 0 Å². The van der Waals surface area contributed by atoms with Crippen molar-refractivity contribution < 1.29 is 0 Å². The van der Waals surface area contributed by atoms with Gasteiger partial charge in [-0.2, -0.15) is 0 Å². The van der Waals surface area contributed by atoms with Gasteiger partial charge in [0.2, 0.25) is 0 Å². The van der Waals surface area contributed by atoms with E-state index in [2.05, 4.69) is 95.6 Å². The molecule has 2 aliphatic heterocycles. The number of hydrogen-bond acceptors (Lipinski definition) is 2. The van der Waals surface area contributed by atoms with Crippen molar-refractivity contribution in [3.05, 3.63) is 120 Å². The van der Waals surface area contributed by atoms with Crippen molar-refractivity contribution in [3.8, 4) is 0 Å². The number of dihydropyridines is 2. The summed E-state index contributed by atoms with van der Waals surface area (Å²) in [6, 6.07) is 20.7. The summed E-state index contributed by atoms with van der Waals surface area (Å²) in [5, 5.41) is 7.05. The fraction of sp³-hybridized carbons (Fsp3) is 0. The van der Waals surface area contributed by atoms with E-state index in [-0.39, 0.29) is 0 Å². The number of allylic oxidation sites excluding steroid dienone is 6. The zero-order valence-electron chi connectivity index (χ0n) is 13.2. The second-order valence-corrected chi connectivity index (χ2v) is 5.69. The lowest BCUT2D eigenvalue weighted by Crippen LogP contribution is -2.22. The van der Waals surface area contributed by atoms with E-state index in [1.54, 1.807) is 0 Å². The first-order valence-electron chi connectivity index (χ1n) is 8.06. The summed E-state index contributed by atoms with van der Waals surface area (Å²) in [5.74, 6) is 0. The molecule has 0 amide bonds. The van der Waals surface area contributed by atoms with Crippen LogP contribution in [0.15, 0.2) is 109 Å². The highest BCUT2D eigenvalue weighted by Gasteiger charge is 2.12. The summed E-state index contributed by atoms with van der Waals surface area (Å²) in [4.78, 5) is 0. The van der Waals surface area contributed by atoms with E-state index in [9.17, 15) is 0 Å². The molecule has 2 aliphatic rings. The molecule has 0 bridgehead atoms. The molecule has 0 fully saturated rings. The number of benzene rings is 2. The molecular weight excluding hydrogens is 292 g/mol. The Morgan fingerprint density at radius 2 is 0.917 bits per heavy atom. The fourth-order valence-electron chi connectivity index (χ4n) is 2.82. The SMILES string of the molecule is C1=C/C(=C2/C=CC=C(c3ccccc3)N2)NC(c2ccccc2)=C1. The first-order valence-corrected chi connectivity index (χ1v) is 8.06. The lowest BCUT2D eigenvalue weighted by molar-refractivity contribution is 1.01. The summed E-state index contributed by atoms with van der Waals surface area (Å²) in [6.45, 7) is 0. The van der Waals surface area contributed by atoms with Gasteiger partial charge in [-0.25, -0.2) is 0 Å². The molecule has 0 aromatic heterocycles. The zero-order valence-corrected chi connectivity index (χ0v) is 13.2. The Labute approximate surface area is 142 Å². The molecular formula is C22H18N2. The number of rotatable bonds is 2. The van der Waals surface area contributed by atoms with Crippen molar-refractivity contribution in [2.45, 2.75) is 0 Å². The van der Waals surface area contributed by atoms with Crippen LogP contribution in [0.2, 0.25) is 0 Å². The molecule has 24 heavy (non-hydrogen) atoms. The van der Waals surface area contributed by atoms with E-state index < -0.39 is 0 Å². The molecule has 2 aromatic carbocycles. The molecule has 0 aliphatic carbocycles. The maximum atomic E-state index is 3.52. The molecule has 2 nitrogen and oxygen atoms in total. The smallest absolute Gasteiger partial charge is 0.0623 e. The summed E-state index contributed by atoms with van der Waals surface area (Å²) in [5.41, 5.74) is 6.69. The van der Waals surface area contributed by atoms with Gasteiger partial charge in [-0.05, 0) is 35.4 Å². The van der Waals surface area contributed by atoms with E-state index in [1.165, 1.54) is 11.1 Å². The standard InChI is InChI=1S/C22H18N2/c1-3-9-17(10-4-1)19-13-7-15-21(23-19)22-16-8-14-20(24-22)18-11-5-2-6-12-18/h1-16,23-24H/b22-21+. The molecule has 4 rings (SSSR count). The maximum Gasteiger partial charge on any atom is 0.0623 e. The molecule has 2 heterocycles. The zero-order chi connectivity index (χ0) is 16.2. The van der Waals surface area contributed by atoms with Crippen LogP contribution in [-0.2, 0) is 0 Å². The minimum absolute atomic E-state index is 1.06. The third kappa shape index (κ3) is 2.95. The second-order valence-electron chi connectivity index (χ2n) is 5.69. The maximum absolute atomic E-state index is 3.52. The van der Waals surface area contributed by atoms with Crippen molar-refractivity contribution in [1.82, 2.24) is 10.6 Å². The largest absolute Gasteiger partial charge is 0.353 e. The van der Waals surface area contributed by atoms with Crippen molar-refractivity contribution >= 4 is 11.4 Å². The van der Waals surface area contributed by atoms with Gasteiger partial charge in [-0.3, -0.25) is 0 Å². The summed E-state index contributed by atoms with van der Waals surface area (Å²) >= 11 is 0. The van der Waals surface area contributed by atoms with Crippen LogP contribution in [0.4, 0.5) is 0 Å². The predicted octanol–water partition coefficient (Wildman–Crippen LogP) is 4.60. The molecule has 0 spiro atoms. The molecule has 0 saturated heterocycles. The average molecular weight is 310 g/mol. The molecule has 2 heteroatoms. The lowest BCUT2D eigenvalue weighted by atomic mass is 10.1. The highest BCUT2D eigenvalue weighted by Crippen LogP contribution is 2.22. The van der Waals surface area contributed by atoms with Gasteiger partial charge >= 0.3 is 0 Å². The lowest BCUT2D eigenvalue weighted by Gasteiger charge is -2.22. The average Bonchev–Trinajstić information content (AvgIpc) is 2.70. The Morgan fingerprint density at radius 3 is 1.33 bits per heavy atom. The highest BCUT2D eigenvalue weighted by molar-refractivity contribution is 5.73. The van der Waals surface area contributed by atoms with Crippen molar-refractivity contribution in [1.29, 1.82) is 0 Å². The Balaban J connectivity index is 1.60. The van der Waals surface area contributed by atoms with Gasteiger partial charge < -0.3 is 10.6 Å². The van der Waals surface area contributed by atoms with Crippen LogP contribution in [0.5, 0.6) is 0 Å². The molecule has 2 aromatic rings. The Hall–Kier alpha value is -3.26. The minimum atomic E-state index is 1.06. The van der Waals surface area contributed by atoms with Gasteiger partial charge in [0.15, 0.2) is 0 Å². The van der Waals surface area contributed by atoms with E-state index in [0.717, 1.165) is 22.8 Å². The van der Waals surface area contributed by atoms with Gasteiger partial charge in [0.1, 0.15) is 0 Å². The van der Waals surface area contributed by atoms with Crippen molar-refractivity contribution in [2.75, 3.05) is 0 Å². The first-order chi connectivity index (χ1) is 11.9. The van der Waals surface area contributed by atoms with E-state index in [1.807, 2.05) is 12.1 Å². The molecule has 2 N–H and O–H groups in total. The first kappa shape index (κ1) is 14.3. The molecule has 0 radical (unpaired) electrons. The number of nitrogens with one attached hydrogen (secondary N) is 2. The number of hydrogen-bond donors (Lipinski definition) is 2. The van der Waals surface area contributed by atoms with E-state index in [4.69, 9.17) is 0 Å². The predicted molar refractivity (Wildman–Crippen MR) is 100 cm³/mol. The van der Waals surface area contributed by atoms with Crippen LogP contribution < -0.4 is 10.6 Å². The van der Waals surface area contributed by atoms with Crippen LogP contribution in [-0.4, -0.2) is 0 Å². The Bertz CT molecular complexity index is 807. The Morgan fingerprint density at radius 1 is 0.500 bits per heavy atom. The van der Waals surface area contributed by atoms with Crippen molar-refractivity contribution in [3.63, 3.8) is 0 Å². The second kappa shape index (κ2) is 6.47. The molecule has 0 unspecified atom stereocenters. The van der Waals surface area contributed by atoms with Crippen LogP contribution in [0.25, 0.3) is 11.4 Å². The Kier molecular flexibility index (Phi) is 3.86. The van der Waals surface area contributed by atoms with Gasteiger partial charge in [-0.1, -0.05) is 72.8 Å². The van der Waals surface area contributed by atoms with Gasteiger partial charge in [0.05, 0.1) is 11.4 Å². The molecule has 0 saturated carbocycles. The van der Waals surface area contributed by atoms with Crippen LogP contribution in [0.1, 0.15) is 11.1 Å². The van der Waals surface area contributed by atoms with Crippen LogP contribution in [0, 0.1) is 0 Å². The third-order valence-corrected chi connectivity index (χ3v) is 4.05. The third-order valence-electron chi connectivity index (χ3n) is 4.05. The summed E-state index contributed by atoms with van der Waals surface area (Å²) < 4.78 is 0. The summed E-state index contributed by atoms with van der Waals surface area (Å²) in [7, 11) is 0. The quantitative estimate of drug-likeness (QED) is 0.847. The normalized spacial score (nSPS) is 19.2. The summed E-state index contributed by atoms with van der Waals surface area (Å²) in [6.07, 6.45) is 12.5. The van der Waals surface area contributed by atoms with Gasteiger partial charge in [-0.15, -0.1) is 0 Å². The van der Waals surface area contributed by atoms with E-state index in [0.29, 0.717) is 0 Å². The molecule has 116 valence electrons. The monoisotopic (exact) mass is 310 g/mol. The topological polar surface area (TPSA) is 24.1 Å². The highest BCUT2D eigenvalue weighted by atomic mass is 15.0. The van der Waals surface area contributed by atoms with Crippen molar-refractivity contribution in [2.24, 2.45) is 0 Å².